The van der Waals surface area contributed by atoms with Crippen LogP contribution in [-0.2, 0) is 10.0 Å². The van der Waals surface area contributed by atoms with Gasteiger partial charge in [0.2, 0.25) is 10.0 Å². The number of nitrogens with two attached hydrogens (primary N) is 1. The highest BCUT2D eigenvalue weighted by atomic mass is 35.5. The normalized spacial score (nSPS) is 10.9. The molecule has 8 heteroatoms. The topological polar surface area (TPSA) is 81.4 Å². The molecule has 19 heavy (non-hydrogen) atoms. The van der Waals surface area contributed by atoms with E-state index in [1.807, 2.05) is 0 Å². The van der Waals surface area contributed by atoms with E-state index in [4.69, 9.17) is 10.5 Å². The standard InChI is InChI=1S/C11H17FN2O3S.ClH/c1-17-11-8-9(4-5-10(11)12)18(15,16)14-7-3-2-6-13;/h4-5,8,14H,2-3,6-7,13H2,1H3;1H. The lowest BCUT2D eigenvalue weighted by Crippen LogP contribution is -2.25. The highest BCUT2D eigenvalue weighted by Crippen LogP contribution is 2.21. The number of sulfonamides is 1. The third-order valence-corrected chi connectivity index (χ3v) is 3.81. The number of rotatable bonds is 7. The Labute approximate surface area is 118 Å². The van der Waals surface area contributed by atoms with Gasteiger partial charge in [-0.2, -0.15) is 0 Å². The van der Waals surface area contributed by atoms with E-state index < -0.39 is 15.8 Å². The molecule has 1 rings (SSSR count). The van der Waals surface area contributed by atoms with Gasteiger partial charge in [-0.3, -0.25) is 0 Å². The van der Waals surface area contributed by atoms with Crippen LogP contribution in [0.15, 0.2) is 23.1 Å². The molecule has 0 aliphatic heterocycles. The van der Waals surface area contributed by atoms with Crippen LogP contribution < -0.4 is 15.2 Å². The summed E-state index contributed by atoms with van der Waals surface area (Å²) < 4.78 is 44.0. The fourth-order valence-corrected chi connectivity index (χ4v) is 2.46. The van der Waals surface area contributed by atoms with Crippen LogP contribution in [0.4, 0.5) is 4.39 Å². The molecule has 0 bridgehead atoms. The zero-order valence-electron chi connectivity index (χ0n) is 10.6. The van der Waals surface area contributed by atoms with Crippen molar-refractivity contribution >= 4 is 22.4 Å². The Balaban J connectivity index is 0.00000324. The molecule has 0 spiro atoms. The van der Waals surface area contributed by atoms with E-state index in [1.54, 1.807) is 0 Å². The summed E-state index contributed by atoms with van der Waals surface area (Å²) in [5, 5.41) is 0. The minimum Gasteiger partial charge on any atom is -0.494 e. The molecule has 0 radical (unpaired) electrons. The quantitative estimate of drug-likeness (QED) is 0.743. The first-order valence-electron chi connectivity index (χ1n) is 5.54. The van der Waals surface area contributed by atoms with Crippen molar-refractivity contribution in [2.75, 3.05) is 20.2 Å². The molecule has 0 atom stereocenters. The summed E-state index contributed by atoms with van der Waals surface area (Å²) in [4.78, 5) is -0.0199. The monoisotopic (exact) mass is 312 g/mol. The average molecular weight is 313 g/mol. The van der Waals surface area contributed by atoms with Gasteiger partial charge in [0, 0.05) is 12.6 Å². The first-order chi connectivity index (χ1) is 8.51. The zero-order valence-corrected chi connectivity index (χ0v) is 12.2. The van der Waals surface area contributed by atoms with E-state index in [-0.39, 0.29) is 23.1 Å². The lowest BCUT2D eigenvalue weighted by Gasteiger charge is -2.08. The predicted molar refractivity (Wildman–Crippen MR) is 73.7 cm³/mol. The Morgan fingerprint density at radius 2 is 2.05 bits per heavy atom. The molecule has 0 amide bonds. The fourth-order valence-electron chi connectivity index (χ4n) is 1.37. The molecule has 0 heterocycles. The van der Waals surface area contributed by atoms with Crippen molar-refractivity contribution in [2.24, 2.45) is 5.73 Å². The smallest absolute Gasteiger partial charge is 0.240 e. The third-order valence-electron chi connectivity index (χ3n) is 2.36. The predicted octanol–water partition coefficient (Wildman–Crippen LogP) is 1.27. The van der Waals surface area contributed by atoms with E-state index >= 15 is 0 Å². The SMILES string of the molecule is COc1cc(S(=O)(=O)NCCCCN)ccc1F.Cl. The summed E-state index contributed by atoms with van der Waals surface area (Å²) in [6.07, 6.45) is 1.41. The maximum Gasteiger partial charge on any atom is 0.240 e. The van der Waals surface area contributed by atoms with Crippen molar-refractivity contribution in [3.63, 3.8) is 0 Å². The molecule has 0 unspecified atom stereocenters. The summed E-state index contributed by atoms with van der Waals surface area (Å²) >= 11 is 0. The Morgan fingerprint density at radius 1 is 1.37 bits per heavy atom. The van der Waals surface area contributed by atoms with Crippen molar-refractivity contribution in [1.82, 2.24) is 4.72 Å². The fraction of sp³-hybridized carbons (Fsp3) is 0.455. The molecule has 0 saturated heterocycles. The second-order valence-corrected chi connectivity index (χ2v) is 5.46. The maximum atomic E-state index is 13.2. The number of hydrogen-bond acceptors (Lipinski definition) is 4. The van der Waals surface area contributed by atoms with Gasteiger partial charge in [-0.15, -0.1) is 12.4 Å². The lowest BCUT2D eigenvalue weighted by molar-refractivity contribution is 0.385. The molecule has 3 N–H and O–H groups in total. The summed E-state index contributed by atoms with van der Waals surface area (Å²) in [6, 6.07) is 3.41. The second-order valence-electron chi connectivity index (χ2n) is 3.69. The van der Waals surface area contributed by atoms with Crippen molar-refractivity contribution in [1.29, 1.82) is 0 Å². The lowest BCUT2D eigenvalue weighted by atomic mass is 10.3. The largest absolute Gasteiger partial charge is 0.494 e. The summed E-state index contributed by atoms with van der Waals surface area (Å²) in [5.41, 5.74) is 5.31. The molecular weight excluding hydrogens is 295 g/mol. The van der Waals surface area contributed by atoms with E-state index in [9.17, 15) is 12.8 Å². The summed E-state index contributed by atoms with van der Waals surface area (Å²) in [5.74, 6) is -0.695. The number of nitrogens with one attached hydrogen (secondary N) is 1. The summed E-state index contributed by atoms with van der Waals surface area (Å²) in [6.45, 7) is 0.825. The van der Waals surface area contributed by atoms with Crippen LogP contribution in [0.1, 0.15) is 12.8 Å². The maximum absolute atomic E-state index is 13.2. The first-order valence-corrected chi connectivity index (χ1v) is 7.03. The van der Waals surface area contributed by atoms with Gasteiger partial charge in [-0.1, -0.05) is 0 Å². The molecule has 0 aromatic heterocycles. The van der Waals surface area contributed by atoms with Gasteiger partial charge in [0.15, 0.2) is 11.6 Å². The molecule has 0 fully saturated rings. The molecule has 0 saturated carbocycles. The van der Waals surface area contributed by atoms with E-state index in [1.165, 1.54) is 13.2 Å². The number of benzene rings is 1. The second kappa shape index (κ2) is 8.31. The number of methoxy groups -OCH3 is 1. The van der Waals surface area contributed by atoms with Gasteiger partial charge in [-0.05, 0) is 31.5 Å². The number of halogens is 2. The van der Waals surface area contributed by atoms with Crippen LogP contribution in [0.2, 0.25) is 0 Å². The number of unbranched alkanes of at least 4 members (excludes halogenated alkanes) is 1. The van der Waals surface area contributed by atoms with Gasteiger partial charge >= 0.3 is 0 Å². The van der Waals surface area contributed by atoms with Crippen LogP contribution >= 0.6 is 12.4 Å². The van der Waals surface area contributed by atoms with E-state index in [0.717, 1.165) is 18.6 Å². The molecule has 0 aliphatic carbocycles. The number of hydrogen-bond donors (Lipinski definition) is 2. The summed E-state index contributed by atoms with van der Waals surface area (Å²) in [7, 11) is -2.35. The van der Waals surface area contributed by atoms with Gasteiger partial charge in [0.1, 0.15) is 0 Å². The Kier molecular flexibility index (Phi) is 7.93. The van der Waals surface area contributed by atoms with Crippen LogP contribution in [-0.4, -0.2) is 28.6 Å². The Hall–Kier alpha value is -0.890. The average Bonchev–Trinajstić information content (AvgIpc) is 2.35. The van der Waals surface area contributed by atoms with Crippen molar-refractivity contribution in [3.05, 3.63) is 24.0 Å². The van der Waals surface area contributed by atoms with Crippen LogP contribution in [0.5, 0.6) is 5.75 Å². The molecule has 0 aliphatic rings. The number of ether oxygens (including phenoxy) is 1. The van der Waals surface area contributed by atoms with Crippen molar-refractivity contribution < 1.29 is 17.5 Å². The Morgan fingerprint density at radius 3 is 2.63 bits per heavy atom. The molecule has 110 valence electrons. The first kappa shape index (κ1) is 18.1. The zero-order chi connectivity index (χ0) is 13.6. The van der Waals surface area contributed by atoms with Gasteiger partial charge in [-0.25, -0.2) is 17.5 Å². The van der Waals surface area contributed by atoms with Crippen LogP contribution in [0.3, 0.4) is 0 Å². The molecule has 5 nitrogen and oxygen atoms in total. The third kappa shape index (κ3) is 5.32. The highest BCUT2D eigenvalue weighted by Gasteiger charge is 2.15. The van der Waals surface area contributed by atoms with Crippen molar-refractivity contribution in [3.8, 4) is 5.75 Å². The minimum absolute atomic E-state index is 0. The molecular formula is C11H18ClFN2O3S. The van der Waals surface area contributed by atoms with Gasteiger partial charge in [0.25, 0.3) is 0 Å². The molecule has 1 aromatic carbocycles. The highest BCUT2D eigenvalue weighted by molar-refractivity contribution is 7.89. The van der Waals surface area contributed by atoms with Gasteiger partial charge in [0.05, 0.1) is 12.0 Å². The van der Waals surface area contributed by atoms with Crippen LogP contribution in [0.25, 0.3) is 0 Å². The van der Waals surface area contributed by atoms with Crippen LogP contribution in [0, 0.1) is 5.82 Å². The van der Waals surface area contributed by atoms with E-state index in [0.29, 0.717) is 19.5 Å². The minimum atomic E-state index is -3.63. The Bertz CT molecular complexity index is 497. The van der Waals surface area contributed by atoms with Crippen molar-refractivity contribution in [2.45, 2.75) is 17.7 Å². The molecule has 1 aromatic rings. The van der Waals surface area contributed by atoms with E-state index in [2.05, 4.69) is 4.72 Å². The van der Waals surface area contributed by atoms with Gasteiger partial charge < -0.3 is 10.5 Å².